The molecule has 1 N–H and O–H groups in total. The zero-order valence-electron chi connectivity index (χ0n) is 19.3. The highest BCUT2D eigenvalue weighted by atomic mass is 16.5. The Hall–Kier alpha value is -2.73. The Morgan fingerprint density at radius 2 is 1.84 bits per heavy atom. The van der Waals surface area contributed by atoms with Crippen molar-refractivity contribution in [2.45, 2.75) is 38.1 Å². The maximum Gasteiger partial charge on any atom is 0.258 e. The highest BCUT2D eigenvalue weighted by Gasteiger charge is 2.24. The van der Waals surface area contributed by atoms with E-state index in [0.717, 1.165) is 26.1 Å². The summed E-state index contributed by atoms with van der Waals surface area (Å²) in [5.41, 5.74) is 4.06. The number of carbonyl (C=O) groups excluding carboxylic acids is 1. The lowest BCUT2D eigenvalue weighted by atomic mass is 9.95. The second-order valence-corrected chi connectivity index (χ2v) is 8.80. The Balaban J connectivity index is 1.41. The van der Waals surface area contributed by atoms with Crippen LogP contribution in [0, 0.1) is 0 Å². The van der Waals surface area contributed by atoms with Crippen LogP contribution in [-0.2, 0) is 11.2 Å². The third kappa shape index (κ3) is 5.54. The number of anilines is 1. The van der Waals surface area contributed by atoms with Gasteiger partial charge in [-0.2, -0.15) is 0 Å². The third-order valence-electron chi connectivity index (χ3n) is 6.57. The Morgan fingerprint density at radius 1 is 1.03 bits per heavy atom. The predicted octanol–water partition coefficient (Wildman–Crippen LogP) is 3.80. The molecule has 1 fully saturated rings. The lowest BCUT2D eigenvalue weighted by molar-refractivity contribution is -0.123. The maximum absolute atomic E-state index is 12.6. The zero-order chi connectivity index (χ0) is 22.3. The van der Waals surface area contributed by atoms with E-state index in [2.05, 4.69) is 40.4 Å². The molecule has 2 aliphatic heterocycles. The highest BCUT2D eigenvalue weighted by Crippen LogP contribution is 2.31. The van der Waals surface area contributed by atoms with Crippen LogP contribution in [0.3, 0.4) is 0 Å². The van der Waals surface area contributed by atoms with Crippen molar-refractivity contribution in [2.24, 2.45) is 0 Å². The first kappa shape index (κ1) is 22.5. The van der Waals surface area contributed by atoms with Crippen molar-refractivity contribution in [2.75, 3.05) is 51.8 Å². The minimum atomic E-state index is -0.104. The van der Waals surface area contributed by atoms with E-state index >= 15 is 0 Å². The number of nitrogens with zero attached hydrogens (tertiary/aromatic N) is 2. The molecule has 2 aromatic rings. The highest BCUT2D eigenvalue weighted by molar-refractivity contribution is 5.77. The van der Waals surface area contributed by atoms with Gasteiger partial charge in [0.1, 0.15) is 11.5 Å². The Kier molecular flexibility index (Phi) is 7.53. The number of piperidine rings is 1. The number of fused-ring (bicyclic) bond motifs is 1. The topological polar surface area (TPSA) is 54.0 Å². The van der Waals surface area contributed by atoms with Gasteiger partial charge in [-0.25, -0.2) is 0 Å². The minimum Gasteiger partial charge on any atom is -0.497 e. The van der Waals surface area contributed by atoms with Crippen molar-refractivity contribution in [3.05, 3.63) is 53.6 Å². The summed E-state index contributed by atoms with van der Waals surface area (Å²) in [6.07, 6.45) is 6.05. The first-order valence-electron chi connectivity index (χ1n) is 11.8. The van der Waals surface area contributed by atoms with Crippen LogP contribution in [0.25, 0.3) is 0 Å². The number of nitrogens with one attached hydrogen (secondary N) is 1. The van der Waals surface area contributed by atoms with E-state index in [0.29, 0.717) is 18.0 Å². The summed E-state index contributed by atoms with van der Waals surface area (Å²) >= 11 is 0. The maximum atomic E-state index is 12.6. The van der Waals surface area contributed by atoms with Gasteiger partial charge >= 0.3 is 0 Å². The first-order valence-corrected chi connectivity index (χ1v) is 11.8. The summed E-state index contributed by atoms with van der Waals surface area (Å²) in [6.45, 7) is 3.87. The summed E-state index contributed by atoms with van der Waals surface area (Å²) in [7, 11) is 3.79. The molecule has 32 heavy (non-hydrogen) atoms. The van der Waals surface area contributed by atoms with Gasteiger partial charge in [0.25, 0.3) is 5.91 Å². The van der Waals surface area contributed by atoms with Crippen LogP contribution in [-0.4, -0.2) is 57.8 Å². The second-order valence-electron chi connectivity index (χ2n) is 8.80. The van der Waals surface area contributed by atoms with Crippen molar-refractivity contribution in [3.63, 3.8) is 0 Å². The SMILES string of the molecule is COc1cccc(OCC(=O)NCC(c2ccc3c(c2)CCCN3C)N2CCCCC2)c1. The largest absolute Gasteiger partial charge is 0.497 e. The third-order valence-corrected chi connectivity index (χ3v) is 6.57. The van der Waals surface area contributed by atoms with Gasteiger partial charge < -0.3 is 19.7 Å². The molecular weight excluding hydrogens is 402 g/mol. The molecule has 0 radical (unpaired) electrons. The molecular formula is C26H35N3O3. The fourth-order valence-corrected chi connectivity index (χ4v) is 4.80. The second kappa shape index (κ2) is 10.7. The van der Waals surface area contributed by atoms with Gasteiger partial charge in [-0.15, -0.1) is 0 Å². The number of carbonyl (C=O) groups is 1. The molecule has 6 heteroatoms. The number of rotatable bonds is 8. The average Bonchev–Trinajstić information content (AvgIpc) is 2.84. The summed E-state index contributed by atoms with van der Waals surface area (Å²) in [5.74, 6) is 1.24. The van der Waals surface area contributed by atoms with Crippen LogP contribution < -0.4 is 19.7 Å². The van der Waals surface area contributed by atoms with Crippen LogP contribution in [0.5, 0.6) is 11.5 Å². The monoisotopic (exact) mass is 437 g/mol. The van der Waals surface area contributed by atoms with Gasteiger partial charge in [0.05, 0.1) is 13.2 Å². The molecule has 4 rings (SSSR count). The predicted molar refractivity (Wildman–Crippen MR) is 128 cm³/mol. The minimum absolute atomic E-state index is 0.00509. The molecule has 2 aliphatic rings. The van der Waals surface area contributed by atoms with Gasteiger partial charge in [0.15, 0.2) is 6.61 Å². The molecule has 0 spiro atoms. The number of benzene rings is 2. The van der Waals surface area contributed by atoms with Gasteiger partial charge in [-0.1, -0.05) is 24.6 Å². The summed E-state index contributed by atoms with van der Waals surface area (Å²) in [4.78, 5) is 17.4. The van der Waals surface area contributed by atoms with E-state index < -0.39 is 0 Å². The smallest absolute Gasteiger partial charge is 0.258 e. The van der Waals surface area contributed by atoms with E-state index in [1.165, 1.54) is 42.5 Å². The molecule has 0 aromatic heterocycles. The Bertz CT molecular complexity index is 911. The Morgan fingerprint density at radius 3 is 2.66 bits per heavy atom. The van der Waals surface area contributed by atoms with Crippen LogP contribution in [0.4, 0.5) is 5.69 Å². The van der Waals surface area contributed by atoms with Crippen molar-refractivity contribution >= 4 is 11.6 Å². The van der Waals surface area contributed by atoms with Crippen molar-refractivity contribution in [1.29, 1.82) is 0 Å². The lowest BCUT2D eigenvalue weighted by Gasteiger charge is -2.36. The molecule has 2 aromatic carbocycles. The quantitative estimate of drug-likeness (QED) is 0.681. The molecule has 172 valence electrons. The average molecular weight is 438 g/mol. The van der Waals surface area contributed by atoms with E-state index in [4.69, 9.17) is 9.47 Å². The molecule has 0 aliphatic carbocycles. The summed E-state index contributed by atoms with van der Waals surface area (Å²) in [6, 6.07) is 14.4. The lowest BCUT2D eigenvalue weighted by Crippen LogP contribution is -2.41. The van der Waals surface area contributed by atoms with E-state index in [-0.39, 0.29) is 18.6 Å². The number of amides is 1. The summed E-state index contributed by atoms with van der Waals surface area (Å²) in [5, 5.41) is 3.12. The molecule has 1 atom stereocenters. The van der Waals surface area contributed by atoms with Crippen LogP contribution in [0.1, 0.15) is 42.9 Å². The van der Waals surface area contributed by atoms with Crippen molar-refractivity contribution in [3.8, 4) is 11.5 Å². The van der Waals surface area contributed by atoms with Gasteiger partial charge in [0, 0.05) is 31.9 Å². The molecule has 1 saturated heterocycles. The van der Waals surface area contributed by atoms with Crippen molar-refractivity contribution < 1.29 is 14.3 Å². The van der Waals surface area contributed by atoms with Crippen LogP contribution >= 0.6 is 0 Å². The fourth-order valence-electron chi connectivity index (χ4n) is 4.80. The number of methoxy groups -OCH3 is 1. The van der Waals surface area contributed by atoms with E-state index in [9.17, 15) is 4.79 Å². The standard InChI is InChI=1S/C26H35N3O3/c1-28-13-7-8-20-16-21(11-12-24(20)28)25(29-14-4-3-5-15-29)18-27-26(30)19-32-23-10-6-9-22(17-23)31-2/h6,9-12,16-17,25H,3-5,7-8,13-15,18-19H2,1-2H3,(H,27,30). The summed E-state index contributed by atoms with van der Waals surface area (Å²) < 4.78 is 10.9. The van der Waals surface area contributed by atoms with Gasteiger partial charge in [0.2, 0.25) is 0 Å². The number of likely N-dealkylation sites (tertiary alicyclic amines) is 1. The van der Waals surface area contributed by atoms with Crippen molar-refractivity contribution in [1.82, 2.24) is 10.2 Å². The van der Waals surface area contributed by atoms with Gasteiger partial charge in [-0.3, -0.25) is 9.69 Å². The molecule has 0 saturated carbocycles. The normalized spacial score (nSPS) is 17.4. The van der Waals surface area contributed by atoms with E-state index in [1.807, 2.05) is 18.2 Å². The van der Waals surface area contributed by atoms with Crippen LogP contribution in [0.15, 0.2) is 42.5 Å². The zero-order valence-corrected chi connectivity index (χ0v) is 19.3. The molecule has 1 unspecified atom stereocenters. The van der Waals surface area contributed by atoms with Crippen LogP contribution in [0.2, 0.25) is 0 Å². The molecule has 6 nitrogen and oxygen atoms in total. The number of ether oxygens (including phenoxy) is 2. The van der Waals surface area contributed by atoms with Gasteiger partial charge in [-0.05, 0) is 68.1 Å². The molecule has 0 bridgehead atoms. The number of hydrogen-bond acceptors (Lipinski definition) is 5. The number of aryl methyl sites for hydroxylation is 1. The molecule has 2 heterocycles. The molecule has 1 amide bonds. The number of hydrogen-bond donors (Lipinski definition) is 1. The first-order chi connectivity index (χ1) is 15.6. The fraction of sp³-hybridized carbons (Fsp3) is 0.500. The Labute approximate surface area is 191 Å². The van der Waals surface area contributed by atoms with E-state index in [1.54, 1.807) is 13.2 Å².